The summed E-state index contributed by atoms with van der Waals surface area (Å²) in [6.45, 7) is 5.02. The Morgan fingerprint density at radius 2 is 2.20 bits per heavy atom. The molecule has 1 heterocycles. The lowest BCUT2D eigenvalue weighted by Gasteiger charge is -2.26. The van der Waals surface area contributed by atoms with Crippen molar-refractivity contribution in [2.75, 3.05) is 18.5 Å². The maximum Gasteiger partial charge on any atom is 0.229 e. The summed E-state index contributed by atoms with van der Waals surface area (Å²) in [4.78, 5) is 14.7. The van der Waals surface area contributed by atoms with E-state index in [0.717, 1.165) is 37.9 Å². The summed E-state index contributed by atoms with van der Waals surface area (Å²) in [6.07, 6.45) is 4.15. The number of carbonyl (C=O) groups excluding carboxylic acids is 1. The van der Waals surface area contributed by atoms with Crippen molar-refractivity contribution in [1.82, 2.24) is 5.32 Å². The third-order valence-corrected chi connectivity index (χ3v) is 4.24. The van der Waals surface area contributed by atoms with Crippen LogP contribution in [-0.2, 0) is 4.79 Å². The molecule has 0 saturated heterocycles. The zero-order valence-electron chi connectivity index (χ0n) is 12.9. The molecule has 0 aromatic heterocycles. The molecule has 1 aromatic rings. The molecule has 0 aliphatic carbocycles. The van der Waals surface area contributed by atoms with Crippen LogP contribution in [0, 0.1) is 5.92 Å². The minimum atomic E-state index is 0.110. The molecule has 1 aromatic carbocycles. The number of amides is 1. The Labute approximate surface area is 122 Å². The SMILES string of the molecule is CCCC(C)C(=O)N1CCCC(NC)c2ccccc21. The first-order valence-corrected chi connectivity index (χ1v) is 7.76. The fraction of sp³-hybridized carbons (Fsp3) is 0.588. The van der Waals surface area contributed by atoms with Gasteiger partial charge < -0.3 is 10.2 Å². The van der Waals surface area contributed by atoms with Gasteiger partial charge in [-0.05, 0) is 37.9 Å². The van der Waals surface area contributed by atoms with Gasteiger partial charge in [0.15, 0.2) is 0 Å². The van der Waals surface area contributed by atoms with E-state index in [-0.39, 0.29) is 11.8 Å². The third-order valence-electron chi connectivity index (χ3n) is 4.24. The van der Waals surface area contributed by atoms with Gasteiger partial charge in [0, 0.05) is 24.2 Å². The van der Waals surface area contributed by atoms with E-state index in [1.807, 2.05) is 18.0 Å². The van der Waals surface area contributed by atoms with Gasteiger partial charge in [0.05, 0.1) is 0 Å². The van der Waals surface area contributed by atoms with E-state index in [1.165, 1.54) is 5.56 Å². The van der Waals surface area contributed by atoms with E-state index >= 15 is 0 Å². The smallest absolute Gasteiger partial charge is 0.229 e. The summed E-state index contributed by atoms with van der Waals surface area (Å²) in [5.74, 6) is 0.384. The Kier molecular flexibility index (Phi) is 5.18. The number of hydrogen-bond acceptors (Lipinski definition) is 2. The Morgan fingerprint density at radius 1 is 1.45 bits per heavy atom. The molecule has 3 heteroatoms. The molecule has 1 amide bonds. The minimum Gasteiger partial charge on any atom is -0.313 e. The van der Waals surface area contributed by atoms with Crippen molar-refractivity contribution in [2.45, 2.75) is 45.6 Å². The van der Waals surface area contributed by atoms with Gasteiger partial charge in [-0.1, -0.05) is 38.5 Å². The summed E-state index contributed by atoms with van der Waals surface area (Å²) in [5, 5.41) is 3.38. The summed E-state index contributed by atoms with van der Waals surface area (Å²) >= 11 is 0. The lowest BCUT2D eigenvalue weighted by Crippen LogP contribution is -2.36. The topological polar surface area (TPSA) is 32.3 Å². The highest BCUT2D eigenvalue weighted by Gasteiger charge is 2.27. The van der Waals surface area contributed by atoms with E-state index in [1.54, 1.807) is 0 Å². The van der Waals surface area contributed by atoms with Gasteiger partial charge >= 0.3 is 0 Å². The molecular formula is C17H26N2O. The van der Waals surface area contributed by atoms with Crippen molar-refractivity contribution >= 4 is 11.6 Å². The van der Waals surface area contributed by atoms with Gasteiger partial charge in [0.25, 0.3) is 0 Å². The number of benzene rings is 1. The summed E-state index contributed by atoms with van der Waals surface area (Å²) in [6, 6.07) is 8.67. The second kappa shape index (κ2) is 6.89. The number of hydrogen-bond donors (Lipinski definition) is 1. The molecule has 0 fully saturated rings. The number of nitrogens with one attached hydrogen (secondary N) is 1. The maximum absolute atomic E-state index is 12.7. The lowest BCUT2D eigenvalue weighted by molar-refractivity contribution is -0.122. The largest absolute Gasteiger partial charge is 0.313 e. The molecule has 1 aliphatic heterocycles. The van der Waals surface area contributed by atoms with Crippen LogP contribution in [0.25, 0.3) is 0 Å². The molecule has 3 nitrogen and oxygen atoms in total. The molecular weight excluding hydrogens is 248 g/mol. The predicted molar refractivity (Wildman–Crippen MR) is 83.9 cm³/mol. The number of fused-ring (bicyclic) bond motifs is 1. The summed E-state index contributed by atoms with van der Waals surface area (Å²) in [5.41, 5.74) is 2.35. The third kappa shape index (κ3) is 3.04. The molecule has 110 valence electrons. The Morgan fingerprint density at radius 3 is 2.90 bits per heavy atom. The highest BCUT2D eigenvalue weighted by molar-refractivity contribution is 5.95. The van der Waals surface area contributed by atoms with Crippen molar-refractivity contribution in [3.8, 4) is 0 Å². The van der Waals surface area contributed by atoms with Gasteiger partial charge in [-0.15, -0.1) is 0 Å². The van der Waals surface area contributed by atoms with Crippen LogP contribution in [0.4, 0.5) is 5.69 Å². The fourth-order valence-electron chi connectivity index (χ4n) is 3.11. The van der Waals surface area contributed by atoms with Crippen molar-refractivity contribution in [2.24, 2.45) is 5.92 Å². The van der Waals surface area contributed by atoms with Gasteiger partial charge in [0.2, 0.25) is 5.91 Å². The highest BCUT2D eigenvalue weighted by atomic mass is 16.2. The zero-order chi connectivity index (χ0) is 14.5. The first-order chi connectivity index (χ1) is 9.69. The van der Waals surface area contributed by atoms with Crippen LogP contribution in [0.15, 0.2) is 24.3 Å². The van der Waals surface area contributed by atoms with Crippen LogP contribution in [0.5, 0.6) is 0 Å². The van der Waals surface area contributed by atoms with Crippen LogP contribution < -0.4 is 10.2 Å². The van der Waals surface area contributed by atoms with Crippen LogP contribution in [-0.4, -0.2) is 19.5 Å². The lowest BCUT2D eigenvalue weighted by atomic mass is 10.0. The van der Waals surface area contributed by atoms with Crippen molar-refractivity contribution < 1.29 is 4.79 Å². The summed E-state index contributed by atoms with van der Waals surface area (Å²) < 4.78 is 0. The Hall–Kier alpha value is -1.35. The molecule has 0 spiro atoms. The van der Waals surface area contributed by atoms with Gasteiger partial charge in [-0.2, -0.15) is 0 Å². The molecule has 1 N–H and O–H groups in total. The highest BCUT2D eigenvalue weighted by Crippen LogP contribution is 2.33. The zero-order valence-corrected chi connectivity index (χ0v) is 12.9. The Balaban J connectivity index is 2.32. The number of rotatable bonds is 4. The Bertz CT molecular complexity index is 458. The molecule has 0 saturated carbocycles. The van der Waals surface area contributed by atoms with E-state index < -0.39 is 0 Å². The van der Waals surface area contributed by atoms with E-state index in [2.05, 4.69) is 37.4 Å². The van der Waals surface area contributed by atoms with Crippen molar-refractivity contribution in [3.05, 3.63) is 29.8 Å². The first-order valence-electron chi connectivity index (χ1n) is 7.76. The van der Waals surface area contributed by atoms with Crippen LogP contribution in [0.2, 0.25) is 0 Å². The first kappa shape index (κ1) is 15.0. The van der Waals surface area contributed by atoms with Crippen LogP contribution in [0.1, 0.15) is 51.1 Å². The van der Waals surface area contributed by atoms with Crippen molar-refractivity contribution in [3.63, 3.8) is 0 Å². The predicted octanol–water partition coefficient (Wildman–Crippen LogP) is 3.51. The quantitative estimate of drug-likeness (QED) is 0.911. The summed E-state index contributed by atoms with van der Waals surface area (Å²) in [7, 11) is 2.00. The molecule has 0 bridgehead atoms. The minimum absolute atomic E-state index is 0.110. The van der Waals surface area contributed by atoms with E-state index in [4.69, 9.17) is 0 Å². The maximum atomic E-state index is 12.7. The van der Waals surface area contributed by atoms with Crippen molar-refractivity contribution in [1.29, 1.82) is 0 Å². The average molecular weight is 274 g/mol. The normalized spacial score (nSPS) is 20.1. The van der Waals surface area contributed by atoms with Gasteiger partial charge in [-0.3, -0.25) is 4.79 Å². The molecule has 2 atom stereocenters. The van der Waals surface area contributed by atoms with Gasteiger partial charge in [-0.25, -0.2) is 0 Å². The molecule has 1 aliphatic rings. The number of para-hydroxylation sites is 1. The van der Waals surface area contributed by atoms with Gasteiger partial charge in [0.1, 0.15) is 0 Å². The van der Waals surface area contributed by atoms with Crippen LogP contribution >= 0.6 is 0 Å². The number of carbonyl (C=O) groups is 1. The molecule has 0 radical (unpaired) electrons. The second-order valence-corrected chi connectivity index (χ2v) is 5.72. The fourth-order valence-corrected chi connectivity index (χ4v) is 3.11. The molecule has 2 unspecified atom stereocenters. The standard InChI is InChI=1S/C17H26N2O/c1-4-8-13(2)17(20)19-12-7-10-15(18-3)14-9-5-6-11-16(14)19/h5-6,9,11,13,15,18H,4,7-8,10,12H2,1-3H3. The molecule has 2 rings (SSSR count). The molecule has 20 heavy (non-hydrogen) atoms. The van der Waals surface area contributed by atoms with Crippen LogP contribution in [0.3, 0.4) is 0 Å². The monoisotopic (exact) mass is 274 g/mol. The van der Waals surface area contributed by atoms with E-state index in [9.17, 15) is 4.79 Å². The van der Waals surface area contributed by atoms with E-state index in [0.29, 0.717) is 6.04 Å². The average Bonchev–Trinajstić information content (AvgIpc) is 2.66. The second-order valence-electron chi connectivity index (χ2n) is 5.72. The number of anilines is 1. The number of nitrogens with zero attached hydrogens (tertiary/aromatic N) is 1.